The van der Waals surface area contributed by atoms with Gasteiger partial charge in [-0.25, -0.2) is 19.0 Å². The lowest BCUT2D eigenvalue weighted by Gasteiger charge is -2.36. The van der Waals surface area contributed by atoms with Crippen LogP contribution in [0.15, 0.2) is 54.6 Å². The van der Waals surface area contributed by atoms with E-state index in [2.05, 4.69) is 30.9 Å². The van der Waals surface area contributed by atoms with Crippen molar-refractivity contribution in [3.8, 4) is 5.69 Å². The molecule has 38 heavy (non-hydrogen) atoms. The van der Waals surface area contributed by atoms with Crippen LogP contribution >= 0.6 is 0 Å². The Morgan fingerprint density at radius 2 is 1.71 bits per heavy atom. The molecule has 5 rings (SSSR count). The van der Waals surface area contributed by atoms with Gasteiger partial charge in [-0.3, -0.25) is 4.79 Å². The fourth-order valence-corrected chi connectivity index (χ4v) is 5.17. The summed E-state index contributed by atoms with van der Waals surface area (Å²) in [6.07, 6.45) is 3.30. The van der Waals surface area contributed by atoms with E-state index < -0.39 is 0 Å². The van der Waals surface area contributed by atoms with Crippen LogP contribution in [-0.4, -0.2) is 56.7 Å². The number of anilines is 1. The van der Waals surface area contributed by atoms with Gasteiger partial charge in [0.25, 0.3) is 0 Å². The highest BCUT2D eigenvalue weighted by atomic mass is 19.1. The van der Waals surface area contributed by atoms with Gasteiger partial charge in [-0.1, -0.05) is 50.6 Å². The Labute approximate surface area is 223 Å². The number of hydrogen-bond acceptors (Lipinski definition) is 5. The molecule has 0 saturated carbocycles. The summed E-state index contributed by atoms with van der Waals surface area (Å²) in [6.45, 7) is 9.00. The summed E-state index contributed by atoms with van der Waals surface area (Å²) in [5, 5.41) is 5.70. The van der Waals surface area contributed by atoms with E-state index in [0.717, 1.165) is 53.3 Å². The zero-order chi connectivity index (χ0) is 26.6. The second kappa shape index (κ2) is 11.3. The first-order chi connectivity index (χ1) is 18.4. The van der Waals surface area contributed by atoms with Gasteiger partial charge in [0.2, 0.25) is 5.91 Å². The molecule has 0 unspecified atom stereocenters. The van der Waals surface area contributed by atoms with Crippen molar-refractivity contribution in [2.75, 3.05) is 31.1 Å². The van der Waals surface area contributed by atoms with Crippen LogP contribution in [-0.2, 0) is 11.2 Å². The Morgan fingerprint density at radius 1 is 1.00 bits per heavy atom. The SMILES string of the molecule is CCC[C@@H](C)c1nc(N2CCN(C(=O)CCc3ccccc3)CC2)c2c(C)nn(-c3ccc(F)cc3)c2n1. The first-order valence-electron chi connectivity index (χ1n) is 13.5. The van der Waals surface area contributed by atoms with Gasteiger partial charge in [-0.2, -0.15) is 5.10 Å². The van der Waals surface area contributed by atoms with Crippen LogP contribution in [0.4, 0.5) is 10.2 Å². The Morgan fingerprint density at radius 3 is 2.39 bits per heavy atom. The van der Waals surface area contributed by atoms with Crippen molar-refractivity contribution in [3.05, 3.63) is 77.5 Å². The fourth-order valence-electron chi connectivity index (χ4n) is 5.17. The number of aromatic nitrogens is 4. The van der Waals surface area contributed by atoms with Crippen LogP contribution < -0.4 is 4.90 Å². The van der Waals surface area contributed by atoms with Gasteiger partial charge < -0.3 is 9.80 Å². The number of halogens is 1. The lowest BCUT2D eigenvalue weighted by molar-refractivity contribution is -0.131. The van der Waals surface area contributed by atoms with Crippen molar-refractivity contribution in [1.82, 2.24) is 24.6 Å². The predicted molar refractivity (Wildman–Crippen MR) is 148 cm³/mol. The number of nitrogens with zero attached hydrogens (tertiary/aromatic N) is 6. The molecule has 0 N–H and O–H groups in total. The van der Waals surface area contributed by atoms with Crippen LogP contribution in [0.3, 0.4) is 0 Å². The molecule has 0 spiro atoms. The average Bonchev–Trinajstić information content (AvgIpc) is 3.28. The predicted octanol–water partition coefficient (Wildman–Crippen LogP) is 5.45. The van der Waals surface area contributed by atoms with Crippen molar-refractivity contribution < 1.29 is 9.18 Å². The molecule has 2 aromatic carbocycles. The molecule has 1 aliphatic rings. The molecular weight excluding hydrogens is 479 g/mol. The average molecular weight is 515 g/mol. The number of carbonyl (C=O) groups is 1. The molecule has 0 radical (unpaired) electrons. The van der Waals surface area contributed by atoms with Crippen LogP contribution in [0.5, 0.6) is 0 Å². The van der Waals surface area contributed by atoms with E-state index in [9.17, 15) is 9.18 Å². The summed E-state index contributed by atoms with van der Waals surface area (Å²) in [5.41, 5.74) is 3.51. The maximum atomic E-state index is 13.6. The summed E-state index contributed by atoms with van der Waals surface area (Å²) >= 11 is 0. The highest BCUT2D eigenvalue weighted by molar-refractivity contribution is 5.91. The largest absolute Gasteiger partial charge is 0.352 e. The van der Waals surface area contributed by atoms with Crippen molar-refractivity contribution >= 4 is 22.8 Å². The Hall–Kier alpha value is -3.81. The van der Waals surface area contributed by atoms with Crippen LogP contribution in [0.2, 0.25) is 0 Å². The molecule has 0 aliphatic carbocycles. The Kier molecular flexibility index (Phi) is 7.67. The first-order valence-corrected chi connectivity index (χ1v) is 13.5. The zero-order valence-corrected chi connectivity index (χ0v) is 22.4. The number of amides is 1. The molecule has 4 aromatic rings. The molecular formula is C30H35FN6O. The number of carbonyl (C=O) groups excluding carboxylic acids is 1. The molecule has 198 valence electrons. The summed E-state index contributed by atoms with van der Waals surface area (Å²) in [5.74, 6) is 1.76. The summed E-state index contributed by atoms with van der Waals surface area (Å²) in [7, 11) is 0. The van der Waals surface area contributed by atoms with Gasteiger partial charge in [0.15, 0.2) is 5.65 Å². The zero-order valence-electron chi connectivity index (χ0n) is 22.4. The van der Waals surface area contributed by atoms with E-state index in [4.69, 9.17) is 15.1 Å². The van der Waals surface area contributed by atoms with E-state index >= 15 is 0 Å². The van der Waals surface area contributed by atoms with Crippen molar-refractivity contribution in [2.24, 2.45) is 0 Å². The van der Waals surface area contributed by atoms with Gasteiger partial charge in [-0.05, 0) is 49.6 Å². The molecule has 1 atom stereocenters. The molecule has 8 heteroatoms. The first kappa shape index (κ1) is 25.8. The normalized spacial score (nSPS) is 14.7. The molecule has 3 heterocycles. The van der Waals surface area contributed by atoms with Gasteiger partial charge in [0.05, 0.1) is 16.8 Å². The molecule has 7 nitrogen and oxygen atoms in total. The number of fused-ring (bicyclic) bond motifs is 1. The number of hydrogen-bond donors (Lipinski definition) is 0. The molecule has 2 aromatic heterocycles. The lowest BCUT2D eigenvalue weighted by Crippen LogP contribution is -2.49. The highest BCUT2D eigenvalue weighted by Gasteiger charge is 2.27. The molecule has 1 saturated heterocycles. The highest BCUT2D eigenvalue weighted by Crippen LogP contribution is 2.32. The van der Waals surface area contributed by atoms with E-state index in [0.29, 0.717) is 32.6 Å². The van der Waals surface area contributed by atoms with Crippen LogP contribution in [0.1, 0.15) is 56.1 Å². The van der Waals surface area contributed by atoms with E-state index in [1.54, 1.807) is 16.8 Å². The Bertz CT molecular complexity index is 1390. The van der Waals surface area contributed by atoms with E-state index in [1.807, 2.05) is 30.0 Å². The van der Waals surface area contributed by atoms with Gasteiger partial charge in [0, 0.05) is 38.5 Å². The van der Waals surface area contributed by atoms with Crippen molar-refractivity contribution in [2.45, 2.75) is 52.4 Å². The maximum Gasteiger partial charge on any atom is 0.223 e. The van der Waals surface area contributed by atoms with Gasteiger partial charge >= 0.3 is 0 Å². The second-order valence-corrected chi connectivity index (χ2v) is 10.1. The third-order valence-corrected chi connectivity index (χ3v) is 7.34. The number of rotatable bonds is 8. The minimum atomic E-state index is -0.286. The summed E-state index contributed by atoms with van der Waals surface area (Å²) in [4.78, 5) is 27.2. The lowest BCUT2D eigenvalue weighted by atomic mass is 10.1. The van der Waals surface area contributed by atoms with E-state index in [-0.39, 0.29) is 17.6 Å². The van der Waals surface area contributed by atoms with E-state index in [1.165, 1.54) is 17.7 Å². The van der Waals surface area contributed by atoms with Crippen LogP contribution in [0, 0.1) is 12.7 Å². The second-order valence-electron chi connectivity index (χ2n) is 10.1. The maximum absolute atomic E-state index is 13.6. The van der Waals surface area contributed by atoms with Crippen molar-refractivity contribution in [3.63, 3.8) is 0 Å². The number of aryl methyl sites for hydroxylation is 2. The minimum absolute atomic E-state index is 0.193. The van der Waals surface area contributed by atoms with Gasteiger partial charge in [0.1, 0.15) is 17.5 Å². The van der Waals surface area contributed by atoms with Gasteiger partial charge in [-0.15, -0.1) is 0 Å². The monoisotopic (exact) mass is 514 g/mol. The standard InChI is InChI=1S/C30H35FN6O/c1-4-8-21(2)28-32-29(27-22(3)34-37(30(27)33-28)25-14-12-24(31)13-15-25)36-19-17-35(18-20-36)26(38)16-11-23-9-6-5-7-10-23/h5-7,9-10,12-15,21H,4,8,11,16-20H2,1-3H3/t21-/m1/s1. The smallest absolute Gasteiger partial charge is 0.223 e. The summed E-state index contributed by atoms with van der Waals surface area (Å²) in [6, 6.07) is 16.5. The fraction of sp³-hybridized carbons (Fsp3) is 0.400. The molecule has 1 fully saturated rings. The van der Waals surface area contributed by atoms with Crippen molar-refractivity contribution in [1.29, 1.82) is 0 Å². The Balaban J connectivity index is 1.41. The third-order valence-electron chi connectivity index (χ3n) is 7.34. The third kappa shape index (κ3) is 5.39. The number of benzene rings is 2. The quantitative estimate of drug-likeness (QED) is 0.313. The minimum Gasteiger partial charge on any atom is -0.352 e. The summed E-state index contributed by atoms with van der Waals surface area (Å²) < 4.78 is 15.4. The molecule has 1 aliphatic heterocycles. The topological polar surface area (TPSA) is 67.2 Å². The number of piperazine rings is 1. The molecule has 1 amide bonds. The van der Waals surface area contributed by atoms with Crippen LogP contribution in [0.25, 0.3) is 16.7 Å². The molecule has 0 bridgehead atoms.